The first-order valence-electron chi connectivity index (χ1n) is 5.82. The molecule has 1 fully saturated rings. The topological polar surface area (TPSA) is 83.6 Å². The third-order valence-electron chi connectivity index (χ3n) is 3.30. The average molecular weight is 260 g/mol. The van der Waals surface area contributed by atoms with Gasteiger partial charge in [0.2, 0.25) is 5.91 Å². The Bertz CT molecular complexity index is 311. The molecular formula is C11H20N2O3S. The quantitative estimate of drug-likeness (QED) is 0.778. The number of carbonyl (C=O) groups excluding carboxylic acids is 1. The van der Waals surface area contributed by atoms with Crippen molar-refractivity contribution in [2.45, 2.75) is 44.6 Å². The fraction of sp³-hybridized carbons (Fsp3) is 0.818. The van der Waals surface area contributed by atoms with E-state index in [9.17, 15) is 9.59 Å². The number of nitrogens with zero attached hydrogens (tertiary/aromatic N) is 1. The highest BCUT2D eigenvalue weighted by Crippen LogP contribution is 2.30. The van der Waals surface area contributed by atoms with E-state index in [1.165, 1.54) is 16.7 Å². The standard InChI is InChI=1S/C11H20N2O3S/c1-4-6(2)9(12)10(14)13-7(3)17-5-8(13)11(15)16/h6-9H,4-5,12H2,1-3H3,(H,15,16)/t6?,7?,8?,9-/m0/s1. The number of amides is 1. The maximum Gasteiger partial charge on any atom is 0.327 e. The minimum absolute atomic E-state index is 0.0646. The molecule has 5 nitrogen and oxygen atoms in total. The Kier molecular flexibility index (Phi) is 4.82. The van der Waals surface area contributed by atoms with Crippen LogP contribution in [0.3, 0.4) is 0 Å². The van der Waals surface area contributed by atoms with Gasteiger partial charge in [-0.05, 0) is 12.8 Å². The van der Waals surface area contributed by atoms with Gasteiger partial charge in [0.1, 0.15) is 6.04 Å². The number of aliphatic carboxylic acids is 1. The minimum atomic E-state index is -0.952. The summed E-state index contributed by atoms with van der Waals surface area (Å²) in [6.07, 6.45) is 0.806. The lowest BCUT2D eigenvalue weighted by molar-refractivity contribution is -0.149. The summed E-state index contributed by atoms with van der Waals surface area (Å²) < 4.78 is 0. The third kappa shape index (κ3) is 2.93. The molecular weight excluding hydrogens is 240 g/mol. The highest BCUT2D eigenvalue weighted by Gasteiger charge is 2.41. The number of rotatable bonds is 4. The molecule has 0 aromatic heterocycles. The average Bonchev–Trinajstić information content (AvgIpc) is 2.68. The van der Waals surface area contributed by atoms with Crippen molar-refractivity contribution in [2.24, 2.45) is 11.7 Å². The van der Waals surface area contributed by atoms with E-state index in [4.69, 9.17) is 10.8 Å². The van der Waals surface area contributed by atoms with Gasteiger partial charge in [-0.3, -0.25) is 4.79 Å². The summed E-state index contributed by atoms with van der Waals surface area (Å²) in [5.41, 5.74) is 5.88. The molecule has 0 spiro atoms. The van der Waals surface area contributed by atoms with Crippen LogP contribution in [-0.4, -0.2) is 45.1 Å². The smallest absolute Gasteiger partial charge is 0.327 e. The van der Waals surface area contributed by atoms with E-state index in [1.54, 1.807) is 0 Å². The molecule has 0 radical (unpaired) electrons. The molecule has 17 heavy (non-hydrogen) atoms. The lowest BCUT2D eigenvalue weighted by Gasteiger charge is -2.29. The van der Waals surface area contributed by atoms with Crippen molar-refractivity contribution in [1.29, 1.82) is 0 Å². The molecule has 3 N–H and O–H groups in total. The van der Waals surface area contributed by atoms with Crippen LogP contribution in [-0.2, 0) is 9.59 Å². The van der Waals surface area contributed by atoms with Crippen molar-refractivity contribution in [1.82, 2.24) is 4.90 Å². The zero-order valence-electron chi connectivity index (χ0n) is 10.4. The SMILES string of the molecule is CCC(C)[C@H](N)C(=O)N1C(C)SCC1C(=O)O. The van der Waals surface area contributed by atoms with E-state index >= 15 is 0 Å². The zero-order chi connectivity index (χ0) is 13.2. The highest BCUT2D eigenvalue weighted by atomic mass is 32.2. The van der Waals surface area contributed by atoms with Crippen LogP contribution in [0.25, 0.3) is 0 Å². The van der Waals surface area contributed by atoms with Crippen molar-refractivity contribution >= 4 is 23.6 Å². The fourth-order valence-electron chi connectivity index (χ4n) is 1.84. The van der Waals surface area contributed by atoms with E-state index in [1.807, 2.05) is 20.8 Å². The Hall–Kier alpha value is -0.750. The van der Waals surface area contributed by atoms with Crippen LogP contribution in [0, 0.1) is 5.92 Å². The predicted octanol–water partition coefficient (Wildman–Crippen LogP) is 0.734. The first kappa shape index (κ1) is 14.3. The molecule has 0 aliphatic carbocycles. The number of carboxylic acid groups (broad SMARTS) is 1. The Labute approximate surface area is 106 Å². The van der Waals surface area contributed by atoms with Crippen molar-refractivity contribution in [3.63, 3.8) is 0 Å². The van der Waals surface area contributed by atoms with Gasteiger partial charge in [-0.15, -0.1) is 11.8 Å². The maximum atomic E-state index is 12.2. The fourth-order valence-corrected chi connectivity index (χ4v) is 3.01. The number of hydrogen-bond acceptors (Lipinski definition) is 4. The van der Waals surface area contributed by atoms with Crippen LogP contribution >= 0.6 is 11.8 Å². The van der Waals surface area contributed by atoms with Gasteiger partial charge in [-0.25, -0.2) is 4.79 Å². The van der Waals surface area contributed by atoms with Gasteiger partial charge < -0.3 is 15.7 Å². The van der Waals surface area contributed by atoms with Crippen molar-refractivity contribution in [3.05, 3.63) is 0 Å². The van der Waals surface area contributed by atoms with Crippen molar-refractivity contribution in [3.8, 4) is 0 Å². The second-order valence-corrected chi connectivity index (χ2v) is 5.79. The second-order valence-electron chi connectivity index (χ2n) is 4.44. The monoisotopic (exact) mass is 260 g/mol. The molecule has 1 amide bonds. The number of carboxylic acids is 1. The lowest BCUT2D eigenvalue weighted by Crippen LogP contribution is -2.53. The van der Waals surface area contributed by atoms with E-state index < -0.39 is 18.1 Å². The highest BCUT2D eigenvalue weighted by molar-refractivity contribution is 8.00. The first-order chi connectivity index (χ1) is 7.90. The number of thioether (sulfide) groups is 1. The summed E-state index contributed by atoms with van der Waals surface area (Å²) in [4.78, 5) is 24.7. The summed E-state index contributed by atoms with van der Waals surface area (Å²) in [7, 11) is 0. The van der Waals surface area contributed by atoms with Crippen LogP contribution in [0.15, 0.2) is 0 Å². The van der Waals surface area contributed by atoms with Gasteiger partial charge >= 0.3 is 5.97 Å². The zero-order valence-corrected chi connectivity index (χ0v) is 11.2. The van der Waals surface area contributed by atoms with Gasteiger partial charge in [-0.1, -0.05) is 20.3 Å². The summed E-state index contributed by atoms with van der Waals surface area (Å²) in [6, 6.07) is -1.35. The van der Waals surface area contributed by atoms with Gasteiger partial charge in [0.25, 0.3) is 0 Å². The minimum Gasteiger partial charge on any atom is -0.480 e. The molecule has 0 bridgehead atoms. The van der Waals surface area contributed by atoms with Gasteiger partial charge in [0.05, 0.1) is 11.4 Å². The number of nitrogens with two attached hydrogens (primary N) is 1. The predicted molar refractivity (Wildman–Crippen MR) is 67.6 cm³/mol. The molecule has 1 saturated heterocycles. The summed E-state index contributed by atoms with van der Waals surface area (Å²) in [5, 5.41) is 8.97. The Morgan fingerprint density at radius 3 is 2.65 bits per heavy atom. The van der Waals surface area contributed by atoms with Crippen molar-refractivity contribution < 1.29 is 14.7 Å². The van der Waals surface area contributed by atoms with Crippen molar-refractivity contribution in [2.75, 3.05) is 5.75 Å². The van der Waals surface area contributed by atoms with Gasteiger partial charge in [-0.2, -0.15) is 0 Å². The van der Waals surface area contributed by atoms with Crippen LogP contribution in [0.1, 0.15) is 27.2 Å². The number of hydrogen-bond donors (Lipinski definition) is 2. The van der Waals surface area contributed by atoms with Crippen LogP contribution in [0.2, 0.25) is 0 Å². The Morgan fingerprint density at radius 2 is 2.18 bits per heavy atom. The van der Waals surface area contributed by atoms with E-state index in [0.717, 1.165) is 6.42 Å². The Balaban J connectivity index is 2.82. The summed E-state index contributed by atoms with van der Waals surface area (Å²) in [6.45, 7) is 5.72. The molecule has 1 aliphatic heterocycles. The molecule has 3 unspecified atom stereocenters. The number of carbonyl (C=O) groups is 2. The first-order valence-corrected chi connectivity index (χ1v) is 6.87. The molecule has 1 aliphatic rings. The van der Waals surface area contributed by atoms with E-state index in [0.29, 0.717) is 5.75 Å². The van der Waals surface area contributed by atoms with Crippen LogP contribution < -0.4 is 5.73 Å². The lowest BCUT2D eigenvalue weighted by atomic mass is 9.98. The van der Waals surface area contributed by atoms with Crippen LogP contribution in [0.5, 0.6) is 0 Å². The van der Waals surface area contributed by atoms with Gasteiger partial charge in [0.15, 0.2) is 0 Å². The maximum absolute atomic E-state index is 12.2. The Morgan fingerprint density at radius 1 is 1.59 bits per heavy atom. The molecule has 0 aromatic rings. The summed E-state index contributed by atoms with van der Waals surface area (Å²) >= 11 is 1.48. The van der Waals surface area contributed by atoms with Gasteiger partial charge in [0, 0.05) is 5.75 Å². The van der Waals surface area contributed by atoms with Crippen LogP contribution in [0.4, 0.5) is 0 Å². The normalized spacial score (nSPS) is 27.9. The van der Waals surface area contributed by atoms with E-state index in [2.05, 4.69) is 0 Å². The third-order valence-corrected chi connectivity index (χ3v) is 4.52. The summed E-state index contributed by atoms with van der Waals surface area (Å²) in [5.74, 6) is -0.694. The molecule has 0 aromatic carbocycles. The molecule has 0 saturated carbocycles. The molecule has 1 rings (SSSR count). The largest absolute Gasteiger partial charge is 0.480 e. The second kappa shape index (κ2) is 5.73. The van der Waals surface area contributed by atoms with E-state index in [-0.39, 0.29) is 17.2 Å². The molecule has 98 valence electrons. The molecule has 1 heterocycles. The molecule has 4 atom stereocenters. The molecule has 6 heteroatoms.